The van der Waals surface area contributed by atoms with E-state index in [0.717, 1.165) is 0 Å². The number of carbonyl (C=O) groups excluding carboxylic acids is 3. The molecule has 108 valence electrons. The fraction of sp³-hybridized carbons (Fsp3) is 0.308. The van der Waals surface area contributed by atoms with Crippen molar-refractivity contribution in [1.82, 2.24) is 15.5 Å². The molecule has 1 aromatic carbocycles. The molecule has 0 saturated carbocycles. The lowest BCUT2D eigenvalue weighted by Gasteiger charge is -2.10. The number of nitrogens with zero attached hydrogens (tertiary/aromatic N) is 1. The van der Waals surface area contributed by atoms with Gasteiger partial charge in [-0.15, -0.1) is 0 Å². The average Bonchev–Trinajstić information content (AvgIpc) is 2.38. The zero-order valence-corrected chi connectivity index (χ0v) is 11.5. The van der Waals surface area contributed by atoms with Crippen molar-refractivity contribution in [1.29, 1.82) is 0 Å². The number of hydrogen-bond acceptors (Lipinski definition) is 5. The van der Waals surface area contributed by atoms with Gasteiger partial charge in [-0.2, -0.15) is 0 Å². The molecule has 3 amide bonds. The zero-order chi connectivity index (χ0) is 15.1. The van der Waals surface area contributed by atoms with Gasteiger partial charge < -0.3 is 16.0 Å². The maximum atomic E-state index is 11.8. The van der Waals surface area contributed by atoms with E-state index in [9.17, 15) is 14.4 Å². The van der Waals surface area contributed by atoms with E-state index in [1.54, 1.807) is 12.1 Å². The topological polar surface area (TPSA) is 105 Å². The SMILES string of the molecule is CN(C)CCNC(=O)C(=O)NC(=O)c1ccccc1N. The van der Waals surface area contributed by atoms with E-state index >= 15 is 0 Å². The van der Waals surface area contributed by atoms with E-state index in [0.29, 0.717) is 13.1 Å². The maximum absolute atomic E-state index is 11.8. The molecule has 0 aromatic heterocycles. The van der Waals surface area contributed by atoms with Crippen LogP contribution in [0.25, 0.3) is 0 Å². The Balaban J connectivity index is 2.52. The molecule has 7 heteroatoms. The zero-order valence-electron chi connectivity index (χ0n) is 11.5. The van der Waals surface area contributed by atoms with Crippen LogP contribution < -0.4 is 16.4 Å². The van der Waals surface area contributed by atoms with Crippen molar-refractivity contribution in [3.8, 4) is 0 Å². The Morgan fingerprint density at radius 2 is 1.80 bits per heavy atom. The van der Waals surface area contributed by atoms with Crippen LogP contribution in [0.15, 0.2) is 24.3 Å². The van der Waals surface area contributed by atoms with Crippen LogP contribution in [0.2, 0.25) is 0 Å². The van der Waals surface area contributed by atoms with Gasteiger partial charge >= 0.3 is 11.8 Å². The van der Waals surface area contributed by atoms with Crippen LogP contribution in [0.1, 0.15) is 10.4 Å². The molecule has 7 nitrogen and oxygen atoms in total. The van der Waals surface area contributed by atoms with Crippen LogP contribution in [0.4, 0.5) is 5.69 Å². The first-order chi connectivity index (χ1) is 9.41. The number of para-hydroxylation sites is 1. The minimum Gasteiger partial charge on any atom is -0.398 e. The van der Waals surface area contributed by atoms with E-state index in [4.69, 9.17) is 5.73 Å². The second-order valence-corrected chi connectivity index (χ2v) is 4.43. The van der Waals surface area contributed by atoms with Crippen LogP contribution in [0.3, 0.4) is 0 Å². The van der Waals surface area contributed by atoms with Crippen LogP contribution in [0.5, 0.6) is 0 Å². The molecule has 0 radical (unpaired) electrons. The lowest BCUT2D eigenvalue weighted by atomic mass is 10.1. The predicted molar refractivity (Wildman–Crippen MR) is 74.9 cm³/mol. The number of amides is 3. The number of hydrogen-bond donors (Lipinski definition) is 3. The fourth-order valence-electron chi connectivity index (χ4n) is 1.40. The fourth-order valence-corrected chi connectivity index (χ4v) is 1.40. The number of nitrogens with two attached hydrogens (primary N) is 1. The van der Waals surface area contributed by atoms with Crippen molar-refractivity contribution in [2.45, 2.75) is 0 Å². The number of benzene rings is 1. The first kappa shape index (κ1) is 15.6. The summed E-state index contributed by atoms with van der Waals surface area (Å²) in [5.74, 6) is -2.55. The molecule has 0 spiro atoms. The van der Waals surface area contributed by atoms with Crippen molar-refractivity contribution >= 4 is 23.4 Å². The van der Waals surface area contributed by atoms with Gasteiger partial charge in [0.2, 0.25) is 0 Å². The molecule has 1 aromatic rings. The van der Waals surface area contributed by atoms with Crippen molar-refractivity contribution in [3.05, 3.63) is 29.8 Å². The van der Waals surface area contributed by atoms with E-state index in [1.807, 2.05) is 24.3 Å². The first-order valence-corrected chi connectivity index (χ1v) is 6.04. The van der Waals surface area contributed by atoms with Gasteiger partial charge in [-0.3, -0.25) is 19.7 Å². The molecule has 0 bridgehead atoms. The van der Waals surface area contributed by atoms with E-state index in [-0.39, 0.29) is 11.3 Å². The number of nitrogen functional groups attached to an aromatic ring is 1. The van der Waals surface area contributed by atoms with Crippen LogP contribution in [-0.2, 0) is 9.59 Å². The molecule has 20 heavy (non-hydrogen) atoms. The molecule has 1 rings (SSSR count). The van der Waals surface area contributed by atoms with Gasteiger partial charge in [-0.25, -0.2) is 0 Å². The van der Waals surface area contributed by atoms with Gasteiger partial charge in [0, 0.05) is 18.8 Å². The number of carbonyl (C=O) groups is 3. The Morgan fingerprint density at radius 3 is 2.40 bits per heavy atom. The standard InChI is InChI=1S/C13H18N4O3/c1-17(2)8-7-15-12(19)13(20)16-11(18)9-5-3-4-6-10(9)14/h3-6H,7-8,14H2,1-2H3,(H,15,19)(H,16,18,20). The lowest BCUT2D eigenvalue weighted by molar-refractivity contribution is -0.138. The average molecular weight is 278 g/mol. The molecule has 0 aliphatic carbocycles. The highest BCUT2D eigenvalue weighted by molar-refractivity contribution is 6.38. The Kier molecular flexibility index (Phi) is 5.67. The van der Waals surface area contributed by atoms with Gasteiger partial charge in [-0.05, 0) is 26.2 Å². The third kappa shape index (κ3) is 4.69. The third-order valence-corrected chi connectivity index (χ3v) is 2.48. The van der Waals surface area contributed by atoms with Gasteiger partial charge in [0.1, 0.15) is 0 Å². The second kappa shape index (κ2) is 7.25. The number of anilines is 1. The summed E-state index contributed by atoms with van der Waals surface area (Å²) in [6.07, 6.45) is 0. The molecule has 0 aliphatic rings. The number of likely N-dealkylation sites (N-methyl/N-ethyl adjacent to an activating group) is 1. The van der Waals surface area contributed by atoms with Crippen molar-refractivity contribution < 1.29 is 14.4 Å². The highest BCUT2D eigenvalue weighted by atomic mass is 16.2. The number of imide groups is 1. The van der Waals surface area contributed by atoms with E-state index < -0.39 is 17.7 Å². The Hall–Kier alpha value is -2.41. The van der Waals surface area contributed by atoms with Crippen molar-refractivity contribution in [2.24, 2.45) is 0 Å². The Bertz CT molecular complexity index is 514. The molecular weight excluding hydrogens is 260 g/mol. The minimum absolute atomic E-state index is 0.155. The minimum atomic E-state index is -1.00. The van der Waals surface area contributed by atoms with Crippen molar-refractivity contribution in [3.63, 3.8) is 0 Å². The molecule has 0 atom stereocenters. The van der Waals surface area contributed by atoms with Gasteiger partial charge in [0.05, 0.1) is 5.56 Å². The summed E-state index contributed by atoms with van der Waals surface area (Å²) >= 11 is 0. The number of rotatable bonds is 4. The van der Waals surface area contributed by atoms with Gasteiger partial charge in [0.15, 0.2) is 0 Å². The summed E-state index contributed by atoms with van der Waals surface area (Å²) in [5.41, 5.74) is 6.00. The Labute approximate surface area is 117 Å². The lowest BCUT2D eigenvalue weighted by Crippen LogP contribution is -2.44. The first-order valence-electron chi connectivity index (χ1n) is 6.04. The monoisotopic (exact) mass is 278 g/mol. The predicted octanol–water partition coefficient (Wildman–Crippen LogP) is -0.797. The molecule has 0 saturated heterocycles. The van der Waals surface area contributed by atoms with E-state index in [1.165, 1.54) is 12.1 Å². The number of nitrogens with one attached hydrogen (secondary N) is 2. The highest BCUT2D eigenvalue weighted by Gasteiger charge is 2.18. The quantitative estimate of drug-likeness (QED) is 0.494. The maximum Gasteiger partial charge on any atom is 0.316 e. The molecule has 0 fully saturated rings. The molecular formula is C13H18N4O3. The van der Waals surface area contributed by atoms with E-state index in [2.05, 4.69) is 5.32 Å². The summed E-state index contributed by atoms with van der Waals surface area (Å²) in [6, 6.07) is 6.30. The Morgan fingerprint density at radius 1 is 1.15 bits per heavy atom. The van der Waals surface area contributed by atoms with Gasteiger partial charge in [-0.1, -0.05) is 12.1 Å². The van der Waals surface area contributed by atoms with Crippen LogP contribution in [-0.4, -0.2) is 49.8 Å². The summed E-state index contributed by atoms with van der Waals surface area (Å²) in [7, 11) is 3.68. The van der Waals surface area contributed by atoms with Crippen LogP contribution >= 0.6 is 0 Å². The summed E-state index contributed by atoms with van der Waals surface area (Å²) in [6.45, 7) is 0.916. The largest absolute Gasteiger partial charge is 0.398 e. The second-order valence-electron chi connectivity index (χ2n) is 4.43. The molecule has 4 N–H and O–H groups in total. The van der Waals surface area contributed by atoms with Crippen LogP contribution in [0, 0.1) is 0 Å². The smallest absolute Gasteiger partial charge is 0.316 e. The highest BCUT2D eigenvalue weighted by Crippen LogP contribution is 2.09. The third-order valence-electron chi connectivity index (χ3n) is 2.48. The summed E-state index contributed by atoms with van der Waals surface area (Å²) in [4.78, 5) is 36.6. The normalized spacial score (nSPS) is 10.2. The molecule has 0 unspecified atom stereocenters. The summed E-state index contributed by atoms with van der Waals surface area (Å²) < 4.78 is 0. The molecule has 0 aliphatic heterocycles. The summed E-state index contributed by atoms with van der Waals surface area (Å²) in [5, 5.41) is 4.40. The van der Waals surface area contributed by atoms with Crippen molar-refractivity contribution in [2.75, 3.05) is 32.9 Å². The molecule has 0 heterocycles. The van der Waals surface area contributed by atoms with Gasteiger partial charge in [0.25, 0.3) is 5.91 Å².